The van der Waals surface area contributed by atoms with Crippen molar-refractivity contribution in [2.45, 2.75) is 18.0 Å². The Labute approximate surface area is 139 Å². The first kappa shape index (κ1) is 14.7. The van der Waals surface area contributed by atoms with Crippen molar-refractivity contribution >= 4 is 32.7 Å². The van der Waals surface area contributed by atoms with E-state index < -0.39 is 10.0 Å². The average Bonchev–Trinajstić information content (AvgIpc) is 2.93. The minimum Gasteiger partial charge on any atom is -0.326 e. The molecule has 0 amide bonds. The Balaban J connectivity index is 1.71. The monoisotopic (exact) mass is 347 g/mol. The molecule has 2 heterocycles. The maximum atomic E-state index is 12.8. The van der Waals surface area contributed by atoms with Crippen molar-refractivity contribution in [1.29, 1.82) is 0 Å². The molecule has 5 nitrogen and oxygen atoms in total. The molecule has 1 aliphatic rings. The predicted molar refractivity (Wildman–Crippen MR) is 88.8 cm³/mol. The van der Waals surface area contributed by atoms with Gasteiger partial charge in [0, 0.05) is 18.1 Å². The summed E-state index contributed by atoms with van der Waals surface area (Å²) in [6, 6.07) is 14.1. The molecule has 0 aliphatic carbocycles. The maximum absolute atomic E-state index is 12.8. The lowest BCUT2D eigenvalue weighted by Gasteiger charge is -2.27. The highest BCUT2D eigenvalue weighted by atomic mass is 35.5. The molecule has 118 valence electrons. The van der Waals surface area contributed by atoms with E-state index in [1.165, 1.54) is 16.4 Å². The standard InChI is InChI=1S/C16H14ClN3O2S/c17-12-5-7-13(8-6-12)23(21,22)19-9-10-20-15-4-2-1-3-14(15)18-16(20)11-19/h1-8H,9-11H2. The maximum Gasteiger partial charge on any atom is 0.243 e. The number of sulfonamides is 1. The van der Waals surface area contributed by atoms with Crippen LogP contribution >= 0.6 is 11.6 Å². The van der Waals surface area contributed by atoms with E-state index in [4.69, 9.17) is 11.6 Å². The molecule has 0 fully saturated rings. The first-order chi connectivity index (χ1) is 11.1. The van der Waals surface area contributed by atoms with Crippen LogP contribution in [-0.2, 0) is 23.1 Å². The molecule has 7 heteroatoms. The fraction of sp³-hybridized carbons (Fsp3) is 0.188. The molecular weight excluding hydrogens is 334 g/mol. The number of hydrogen-bond donors (Lipinski definition) is 0. The first-order valence-corrected chi connectivity index (χ1v) is 9.07. The number of benzene rings is 2. The number of fused-ring (bicyclic) bond motifs is 3. The molecule has 0 radical (unpaired) electrons. The molecule has 0 spiro atoms. The molecule has 0 N–H and O–H groups in total. The van der Waals surface area contributed by atoms with E-state index in [0.717, 1.165) is 16.9 Å². The van der Waals surface area contributed by atoms with E-state index in [-0.39, 0.29) is 11.4 Å². The summed E-state index contributed by atoms with van der Waals surface area (Å²) in [6.45, 7) is 1.31. The van der Waals surface area contributed by atoms with Crippen LogP contribution in [0.5, 0.6) is 0 Å². The molecule has 0 bridgehead atoms. The summed E-state index contributed by atoms with van der Waals surface area (Å²) in [4.78, 5) is 4.82. The normalized spacial score (nSPS) is 15.7. The Morgan fingerprint density at radius 3 is 2.52 bits per heavy atom. The zero-order valence-electron chi connectivity index (χ0n) is 12.2. The number of rotatable bonds is 2. The Bertz CT molecular complexity index is 980. The average molecular weight is 348 g/mol. The molecule has 23 heavy (non-hydrogen) atoms. The van der Waals surface area contributed by atoms with Gasteiger partial charge in [-0.25, -0.2) is 13.4 Å². The second-order valence-corrected chi connectivity index (χ2v) is 7.84. The van der Waals surface area contributed by atoms with Crippen molar-refractivity contribution in [1.82, 2.24) is 13.9 Å². The van der Waals surface area contributed by atoms with Gasteiger partial charge in [0.1, 0.15) is 5.82 Å². The second kappa shape index (κ2) is 5.33. The highest BCUT2D eigenvalue weighted by Gasteiger charge is 2.29. The lowest BCUT2D eigenvalue weighted by Crippen LogP contribution is -2.38. The van der Waals surface area contributed by atoms with E-state index in [1.54, 1.807) is 12.1 Å². The van der Waals surface area contributed by atoms with Crippen molar-refractivity contribution < 1.29 is 8.42 Å². The van der Waals surface area contributed by atoms with Crippen LogP contribution < -0.4 is 0 Å². The fourth-order valence-electron chi connectivity index (χ4n) is 2.90. The van der Waals surface area contributed by atoms with Crippen LogP contribution in [0.25, 0.3) is 11.0 Å². The van der Waals surface area contributed by atoms with Gasteiger partial charge in [-0.2, -0.15) is 4.31 Å². The van der Waals surface area contributed by atoms with Crippen LogP contribution in [0.2, 0.25) is 5.02 Å². The Morgan fingerprint density at radius 2 is 1.74 bits per heavy atom. The van der Waals surface area contributed by atoms with Gasteiger partial charge in [0.2, 0.25) is 10.0 Å². The van der Waals surface area contributed by atoms with Gasteiger partial charge < -0.3 is 4.57 Å². The minimum atomic E-state index is -3.54. The van der Waals surface area contributed by atoms with Crippen LogP contribution in [0.4, 0.5) is 0 Å². The molecule has 0 unspecified atom stereocenters. The molecule has 3 aromatic rings. The van der Waals surface area contributed by atoms with Crippen molar-refractivity contribution in [3.63, 3.8) is 0 Å². The van der Waals surface area contributed by atoms with Crippen molar-refractivity contribution in [2.24, 2.45) is 0 Å². The van der Waals surface area contributed by atoms with Crippen LogP contribution in [0.3, 0.4) is 0 Å². The lowest BCUT2D eigenvalue weighted by atomic mass is 10.3. The number of para-hydroxylation sites is 2. The topological polar surface area (TPSA) is 55.2 Å². The van der Waals surface area contributed by atoms with Crippen LogP contribution in [-0.4, -0.2) is 28.8 Å². The van der Waals surface area contributed by atoms with Crippen molar-refractivity contribution in [2.75, 3.05) is 6.54 Å². The summed E-state index contributed by atoms with van der Waals surface area (Å²) >= 11 is 5.84. The molecular formula is C16H14ClN3O2S. The van der Waals surface area contributed by atoms with Gasteiger partial charge >= 0.3 is 0 Å². The molecule has 2 aromatic carbocycles. The smallest absolute Gasteiger partial charge is 0.243 e. The summed E-state index contributed by atoms with van der Waals surface area (Å²) in [5.74, 6) is 0.773. The van der Waals surface area contributed by atoms with Gasteiger partial charge in [-0.1, -0.05) is 23.7 Å². The van der Waals surface area contributed by atoms with Gasteiger partial charge in [-0.3, -0.25) is 0 Å². The number of halogens is 1. The Morgan fingerprint density at radius 1 is 1.00 bits per heavy atom. The lowest BCUT2D eigenvalue weighted by molar-refractivity contribution is 0.339. The van der Waals surface area contributed by atoms with Crippen LogP contribution in [0, 0.1) is 0 Å². The summed E-state index contributed by atoms with van der Waals surface area (Å²) in [5, 5.41) is 0.518. The zero-order chi connectivity index (χ0) is 16.0. The highest BCUT2D eigenvalue weighted by molar-refractivity contribution is 7.89. The number of imidazole rings is 1. The van der Waals surface area contributed by atoms with E-state index in [9.17, 15) is 8.42 Å². The van der Waals surface area contributed by atoms with E-state index in [2.05, 4.69) is 9.55 Å². The molecule has 4 rings (SSSR count). The van der Waals surface area contributed by atoms with Crippen LogP contribution in [0.15, 0.2) is 53.4 Å². The largest absolute Gasteiger partial charge is 0.326 e. The molecule has 0 saturated carbocycles. The molecule has 0 atom stereocenters. The quantitative estimate of drug-likeness (QED) is 0.716. The van der Waals surface area contributed by atoms with Gasteiger partial charge in [0.15, 0.2) is 0 Å². The second-order valence-electron chi connectivity index (χ2n) is 5.46. The Hall–Kier alpha value is -1.89. The van der Waals surface area contributed by atoms with Gasteiger partial charge in [-0.05, 0) is 36.4 Å². The van der Waals surface area contributed by atoms with E-state index >= 15 is 0 Å². The van der Waals surface area contributed by atoms with Gasteiger partial charge in [-0.15, -0.1) is 0 Å². The van der Waals surface area contributed by atoms with Crippen molar-refractivity contribution in [3.8, 4) is 0 Å². The SMILES string of the molecule is O=S(=O)(c1ccc(Cl)cc1)N1CCn2c(nc3ccccc32)C1. The Kier molecular flexibility index (Phi) is 3.41. The minimum absolute atomic E-state index is 0.256. The third-order valence-corrected chi connectivity index (χ3v) is 6.19. The highest BCUT2D eigenvalue weighted by Crippen LogP contribution is 2.25. The molecule has 1 aromatic heterocycles. The predicted octanol–water partition coefficient (Wildman–Crippen LogP) is 2.89. The summed E-state index contributed by atoms with van der Waals surface area (Å²) in [7, 11) is -3.54. The number of nitrogens with zero attached hydrogens (tertiary/aromatic N) is 3. The van der Waals surface area contributed by atoms with Crippen LogP contribution in [0.1, 0.15) is 5.82 Å². The first-order valence-electron chi connectivity index (χ1n) is 7.25. The number of hydrogen-bond acceptors (Lipinski definition) is 3. The van der Waals surface area contributed by atoms with Gasteiger partial charge in [0.25, 0.3) is 0 Å². The van der Waals surface area contributed by atoms with E-state index in [1.807, 2.05) is 24.3 Å². The molecule has 0 saturated heterocycles. The summed E-state index contributed by atoms with van der Waals surface area (Å²) < 4.78 is 29.1. The van der Waals surface area contributed by atoms with E-state index in [0.29, 0.717) is 18.1 Å². The third-order valence-electron chi connectivity index (χ3n) is 4.08. The summed E-state index contributed by atoms with van der Waals surface area (Å²) in [6.07, 6.45) is 0. The number of aromatic nitrogens is 2. The zero-order valence-corrected chi connectivity index (χ0v) is 13.8. The fourth-order valence-corrected chi connectivity index (χ4v) is 4.42. The van der Waals surface area contributed by atoms with Crippen molar-refractivity contribution in [3.05, 3.63) is 59.4 Å². The van der Waals surface area contributed by atoms with Gasteiger partial charge in [0.05, 0.1) is 22.5 Å². The third kappa shape index (κ3) is 2.43. The summed E-state index contributed by atoms with van der Waals surface area (Å²) in [5.41, 5.74) is 1.94. The molecule has 1 aliphatic heterocycles.